The fourth-order valence-electron chi connectivity index (χ4n) is 1.67. The highest BCUT2D eigenvalue weighted by molar-refractivity contribution is 5.41. The van der Waals surface area contributed by atoms with Gasteiger partial charge in [-0.1, -0.05) is 0 Å². The minimum absolute atomic E-state index is 0.731. The molecule has 1 aromatic heterocycles. The molecule has 0 bridgehead atoms. The molecule has 1 heterocycles. The predicted molar refractivity (Wildman–Crippen MR) is 55.0 cm³/mol. The highest BCUT2D eigenvalue weighted by Crippen LogP contribution is 2.26. The molecule has 1 aliphatic rings. The molecule has 1 fully saturated rings. The maximum absolute atomic E-state index is 4.37. The molecule has 0 radical (unpaired) electrons. The normalized spacial score (nSPS) is 16.8. The van der Waals surface area contributed by atoms with E-state index in [1.54, 1.807) is 0 Å². The van der Waals surface area contributed by atoms with Crippen molar-refractivity contribution in [2.45, 2.75) is 32.2 Å². The lowest BCUT2D eigenvalue weighted by molar-refractivity contribution is 0.399. The molecule has 1 aromatic rings. The van der Waals surface area contributed by atoms with Crippen LogP contribution in [0.5, 0.6) is 0 Å². The van der Waals surface area contributed by atoms with Crippen molar-refractivity contribution in [2.24, 2.45) is 0 Å². The Morgan fingerprint density at radius 3 is 2.77 bits per heavy atom. The molecule has 0 unspecified atom stereocenters. The highest BCUT2D eigenvalue weighted by atomic mass is 15.2. The second kappa shape index (κ2) is 3.36. The number of rotatable bonds is 2. The van der Waals surface area contributed by atoms with E-state index in [2.05, 4.69) is 29.9 Å². The average Bonchev–Trinajstić information content (AvgIpc) is 2.01. The fourth-order valence-corrected chi connectivity index (χ4v) is 1.67. The number of hydrogen-bond acceptors (Lipinski definition) is 2. The van der Waals surface area contributed by atoms with Gasteiger partial charge in [-0.25, -0.2) is 4.98 Å². The molecule has 1 saturated carbocycles. The zero-order valence-electron chi connectivity index (χ0n) is 8.33. The van der Waals surface area contributed by atoms with Crippen molar-refractivity contribution in [2.75, 3.05) is 11.9 Å². The molecule has 0 aliphatic heterocycles. The molecule has 70 valence electrons. The van der Waals surface area contributed by atoms with Crippen molar-refractivity contribution >= 4 is 5.82 Å². The van der Waals surface area contributed by atoms with Gasteiger partial charge >= 0.3 is 0 Å². The Kier molecular flexibility index (Phi) is 2.21. The lowest BCUT2D eigenvalue weighted by atomic mass is 9.92. The first kappa shape index (κ1) is 8.54. The van der Waals surface area contributed by atoms with Crippen LogP contribution >= 0.6 is 0 Å². The zero-order valence-corrected chi connectivity index (χ0v) is 8.33. The molecule has 0 N–H and O–H groups in total. The zero-order chi connectivity index (χ0) is 9.26. The van der Waals surface area contributed by atoms with Crippen LogP contribution in [0.1, 0.15) is 24.8 Å². The number of pyridine rings is 1. The minimum Gasteiger partial charge on any atom is -0.357 e. The molecule has 2 heteroatoms. The first-order valence-electron chi connectivity index (χ1n) is 4.93. The molecule has 0 spiro atoms. The topological polar surface area (TPSA) is 16.1 Å². The van der Waals surface area contributed by atoms with Gasteiger partial charge in [0.15, 0.2) is 0 Å². The summed E-state index contributed by atoms with van der Waals surface area (Å²) in [4.78, 5) is 6.67. The van der Waals surface area contributed by atoms with Gasteiger partial charge in [0.25, 0.3) is 0 Å². The lowest BCUT2D eigenvalue weighted by Gasteiger charge is -2.35. The molecule has 0 atom stereocenters. The maximum atomic E-state index is 4.37. The molecule has 1 aliphatic carbocycles. The Morgan fingerprint density at radius 2 is 2.23 bits per heavy atom. The average molecular weight is 176 g/mol. The Bertz CT molecular complexity index is 292. The van der Waals surface area contributed by atoms with E-state index in [4.69, 9.17) is 0 Å². The van der Waals surface area contributed by atoms with E-state index >= 15 is 0 Å². The summed E-state index contributed by atoms with van der Waals surface area (Å²) < 4.78 is 0. The molecule has 0 saturated heterocycles. The highest BCUT2D eigenvalue weighted by Gasteiger charge is 2.22. The van der Waals surface area contributed by atoms with Crippen molar-refractivity contribution in [3.05, 3.63) is 23.9 Å². The van der Waals surface area contributed by atoms with Gasteiger partial charge in [-0.2, -0.15) is 0 Å². The van der Waals surface area contributed by atoms with Gasteiger partial charge in [0.1, 0.15) is 5.82 Å². The smallest absolute Gasteiger partial charge is 0.128 e. The third-order valence-electron chi connectivity index (χ3n) is 2.88. The van der Waals surface area contributed by atoms with Crippen LogP contribution in [-0.4, -0.2) is 18.1 Å². The largest absolute Gasteiger partial charge is 0.357 e. The molecular weight excluding hydrogens is 160 g/mol. The third kappa shape index (κ3) is 1.67. The summed E-state index contributed by atoms with van der Waals surface area (Å²) in [6.07, 6.45) is 5.92. The summed E-state index contributed by atoms with van der Waals surface area (Å²) in [5.41, 5.74) is 1.29. The molecular formula is C11H16N2. The maximum Gasteiger partial charge on any atom is 0.128 e. The Hall–Kier alpha value is -1.05. The quantitative estimate of drug-likeness (QED) is 0.687. The van der Waals surface area contributed by atoms with Crippen LogP contribution in [0.4, 0.5) is 5.82 Å². The van der Waals surface area contributed by atoms with Crippen LogP contribution in [0.25, 0.3) is 0 Å². The van der Waals surface area contributed by atoms with E-state index in [0.717, 1.165) is 11.9 Å². The molecule has 2 nitrogen and oxygen atoms in total. The number of anilines is 1. The van der Waals surface area contributed by atoms with Crippen LogP contribution in [0, 0.1) is 6.92 Å². The summed E-state index contributed by atoms with van der Waals surface area (Å²) in [6.45, 7) is 2.11. The van der Waals surface area contributed by atoms with E-state index in [0.29, 0.717) is 0 Å². The van der Waals surface area contributed by atoms with E-state index in [1.807, 2.05) is 12.3 Å². The van der Waals surface area contributed by atoms with E-state index < -0.39 is 0 Å². The minimum atomic E-state index is 0.731. The lowest BCUT2D eigenvalue weighted by Crippen LogP contribution is -2.37. The third-order valence-corrected chi connectivity index (χ3v) is 2.88. The van der Waals surface area contributed by atoms with Gasteiger partial charge in [-0.15, -0.1) is 0 Å². The van der Waals surface area contributed by atoms with Gasteiger partial charge < -0.3 is 4.90 Å². The molecule has 0 aromatic carbocycles. The van der Waals surface area contributed by atoms with Gasteiger partial charge in [0, 0.05) is 19.3 Å². The van der Waals surface area contributed by atoms with Gasteiger partial charge in [-0.3, -0.25) is 0 Å². The summed E-state index contributed by atoms with van der Waals surface area (Å²) >= 11 is 0. The van der Waals surface area contributed by atoms with Gasteiger partial charge in [0.2, 0.25) is 0 Å². The Morgan fingerprint density at radius 1 is 1.46 bits per heavy atom. The van der Waals surface area contributed by atoms with Crippen molar-refractivity contribution in [3.63, 3.8) is 0 Å². The molecule has 0 amide bonds. The first-order chi connectivity index (χ1) is 6.27. The molecule has 13 heavy (non-hydrogen) atoms. The Balaban J connectivity index is 2.14. The number of aryl methyl sites for hydroxylation is 1. The standard InChI is InChI=1S/C11H16N2/c1-9-6-7-12-11(8-9)13(2)10-4-3-5-10/h6-8,10H,3-5H2,1-2H3. The number of hydrogen-bond donors (Lipinski definition) is 0. The fraction of sp³-hybridized carbons (Fsp3) is 0.545. The van der Waals surface area contributed by atoms with Crippen LogP contribution in [0.3, 0.4) is 0 Å². The van der Waals surface area contributed by atoms with Crippen LogP contribution in [0.2, 0.25) is 0 Å². The van der Waals surface area contributed by atoms with Crippen molar-refractivity contribution in [3.8, 4) is 0 Å². The Labute approximate surface area is 79.6 Å². The second-order valence-electron chi connectivity index (χ2n) is 3.89. The van der Waals surface area contributed by atoms with Gasteiger partial charge in [-0.05, 0) is 43.9 Å². The van der Waals surface area contributed by atoms with Crippen molar-refractivity contribution in [1.82, 2.24) is 4.98 Å². The van der Waals surface area contributed by atoms with Crippen molar-refractivity contribution in [1.29, 1.82) is 0 Å². The van der Waals surface area contributed by atoms with E-state index in [9.17, 15) is 0 Å². The predicted octanol–water partition coefficient (Wildman–Crippen LogP) is 2.38. The summed E-state index contributed by atoms with van der Waals surface area (Å²) in [5.74, 6) is 1.12. The van der Waals surface area contributed by atoms with E-state index in [1.165, 1.54) is 24.8 Å². The van der Waals surface area contributed by atoms with Crippen molar-refractivity contribution < 1.29 is 0 Å². The monoisotopic (exact) mass is 176 g/mol. The van der Waals surface area contributed by atoms with Gasteiger partial charge in [0.05, 0.1) is 0 Å². The van der Waals surface area contributed by atoms with Crippen LogP contribution in [-0.2, 0) is 0 Å². The first-order valence-corrected chi connectivity index (χ1v) is 4.93. The summed E-state index contributed by atoms with van der Waals surface area (Å²) in [5, 5.41) is 0. The SMILES string of the molecule is Cc1ccnc(N(C)C2CCC2)c1. The summed E-state index contributed by atoms with van der Waals surface area (Å²) in [7, 11) is 2.14. The summed E-state index contributed by atoms with van der Waals surface area (Å²) in [6, 6.07) is 4.92. The number of nitrogens with zero attached hydrogens (tertiary/aromatic N) is 2. The van der Waals surface area contributed by atoms with E-state index in [-0.39, 0.29) is 0 Å². The second-order valence-corrected chi connectivity index (χ2v) is 3.89. The number of aromatic nitrogens is 1. The van der Waals surface area contributed by atoms with Crippen LogP contribution in [0.15, 0.2) is 18.3 Å². The molecule has 2 rings (SSSR count). The van der Waals surface area contributed by atoms with Crippen LogP contribution < -0.4 is 4.90 Å².